The van der Waals surface area contributed by atoms with Gasteiger partial charge in [-0.05, 0) is 82.3 Å². The second-order valence-corrected chi connectivity index (χ2v) is 9.36. The summed E-state index contributed by atoms with van der Waals surface area (Å²) >= 11 is 1.70. The second-order valence-electron chi connectivity index (χ2n) is 8.58. The van der Waals surface area contributed by atoms with Crippen LogP contribution in [0.1, 0.15) is 37.3 Å². The van der Waals surface area contributed by atoms with Gasteiger partial charge in [-0.3, -0.25) is 0 Å². The summed E-state index contributed by atoms with van der Waals surface area (Å²) in [5, 5.41) is 4.27. The number of carbonyl (C=O) groups excluding carboxylic acids is 1. The van der Waals surface area contributed by atoms with Crippen LogP contribution in [-0.4, -0.2) is 39.4 Å². The van der Waals surface area contributed by atoms with Gasteiger partial charge in [0, 0.05) is 31.0 Å². The maximum atomic E-state index is 12.4. The predicted molar refractivity (Wildman–Crippen MR) is 143 cm³/mol. The van der Waals surface area contributed by atoms with Crippen LogP contribution in [0.25, 0.3) is 17.2 Å². The van der Waals surface area contributed by atoms with Gasteiger partial charge in [0.25, 0.3) is 0 Å². The fourth-order valence-electron chi connectivity index (χ4n) is 4.14. The Labute approximate surface area is 211 Å². The Balaban J connectivity index is 1.51. The van der Waals surface area contributed by atoms with E-state index in [1.54, 1.807) is 11.3 Å². The third-order valence-electron chi connectivity index (χ3n) is 6.08. The van der Waals surface area contributed by atoms with Gasteiger partial charge < -0.3 is 19.1 Å². The Morgan fingerprint density at radius 1 is 1.03 bits per heavy atom. The minimum absolute atomic E-state index is 0.265. The van der Waals surface area contributed by atoms with E-state index in [0.29, 0.717) is 25.2 Å². The fraction of sp³-hybridized carbons (Fsp3) is 0.345. The van der Waals surface area contributed by atoms with E-state index in [1.807, 2.05) is 18.2 Å². The average molecular weight is 492 g/mol. The van der Waals surface area contributed by atoms with Gasteiger partial charge in [0.1, 0.15) is 12.4 Å². The first-order chi connectivity index (χ1) is 17.2. The van der Waals surface area contributed by atoms with Gasteiger partial charge in [-0.2, -0.15) is 11.3 Å². The molecule has 6 heteroatoms. The first-order valence-corrected chi connectivity index (χ1v) is 13.1. The number of nitrogens with zero attached hydrogens (tertiary/aromatic N) is 1. The zero-order chi connectivity index (χ0) is 24.5. The minimum Gasteiger partial charge on any atom is -0.491 e. The summed E-state index contributed by atoms with van der Waals surface area (Å²) in [5.41, 5.74) is 6.32. The van der Waals surface area contributed by atoms with E-state index >= 15 is 0 Å². The van der Waals surface area contributed by atoms with E-state index in [0.717, 1.165) is 60.7 Å². The van der Waals surface area contributed by atoms with Crippen molar-refractivity contribution in [1.29, 1.82) is 0 Å². The molecule has 1 aromatic heterocycles. The van der Waals surface area contributed by atoms with Gasteiger partial charge in [-0.25, -0.2) is 4.79 Å². The zero-order valence-electron chi connectivity index (χ0n) is 20.5. The standard InChI is InChI=1S/C29H33NO4S/c1-3-4-14-33-15-16-34-27-8-5-23(6-9-27)24-7-10-28-26(18-24)19-25(29(31)32-2)11-13-30(28)20-22-12-17-35-21-22/h5-10,12,17-19,21H,3-4,11,13-16,20H2,1-2H3. The van der Waals surface area contributed by atoms with Crippen molar-refractivity contribution in [2.45, 2.75) is 32.7 Å². The Morgan fingerprint density at radius 2 is 1.86 bits per heavy atom. The second kappa shape index (κ2) is 12.6. The third kappa shape index (κ3) is 6.74. The molecule has 2 heterocycles. The van der Waals surface area contributed by atoms with Crippen LogP contribution in [-0.2, 0) is 20.8 Å². The van der Waals surface area contributed by atoms with Crippen molar-refractivity contribution < 1.29 is 19.0 Å². The van der Waals surface area contributed by atoms with Crippen LogP contribution in [0.4, 0.5) is 5.69 Å². The number of fused-ring (bicyclic) bond motifs is 1. The third-order valence-corrected chi connectivity index (χ3v) is 6.81. The topological polar surface area (TPSA) is 48.0 Å². The van der Waals surface area contributed by atoms with Crippen LogP contribution >= 0.6 is 11.3 Å². The smallest absolute Gasteiger partial charge is 0.333 e. The molecule has 35 heavy (non-hydrogen) atoms. The van der Waals surface area contributed by atoms with Gasteiger partial charge in [-0.15, -0.1) is 0 Å². The SMILES string of the molecule is CCCCOCCOc1ccc(-c2ccc3c(c2)C=C(C(=O)OC)CCN3Cc2ccsc2)cc1. The predicted octanol–water partition coefficient (Wildman–Crippen LogP) is 6.58. The van der Waals surface area contributed by atoms with Crippen LogP contribution < -0.4 is 9.64 Å². The van der Waals surface area contributed by atoms with Crippen molar-refractivity contribution in [3.63, 3.8) is 0 Å². The molecule has 184 valence electrons. The molecular formula is C29H33NO4S. The summed E-state index contributed by atoms with van der Waals surface area (Å²) in [6.45, 7) is 5.66. The molecule has 1 aliphatic heterocycles. The highest BCUT2D eigenvalue weighted by molar-refractivity contribution is 7.07. The lowest BCUT2D eigenvalue weighted by Gasteiger charge is -2.25. The monoisotopic (exact) mass is 491 g/mol. The van der Waals surface area contributed by atoms with E-state index in [9.17, 15) is 4.79 Å². The van der Waals surface area contributed by atoms with Crippen molar-refractivity contribution in [3.8, 4) is 16.9 Å². The molecular weight excluding hydrogens is 458 g/mol. The van der Waals surface area contributed by atoms with Crippen molar-refractivity contribution in [1.82, 2.24) is 0 Å². The van der Waals surface area contributed by atoms with E-state index in [1.165, 1.54) is 12.7 Å². The molecule has 4 rings (SSSR count). The fourth-order valence-corrected chi connectivity index (χ4v) is 4.80. The van der Waals surface area contributed by atoms with Crippen molar-refractivity contribution >= 4 is 29.1 Å². The molecule has 0 saturated heterocycles. The first-order valence-electron chi connectivity index (χ1n) is 12.2. The molecule has 2 aromatic carbocycles. The maximum Gasteiger partial charge on any atom is 0.333 e. The summed E-state index contributed by atoms with van der Waals surface area (Å²) < 4.78 is 16.4. The quantitative estimate of drug-likeness (QED) is 0.224. The number of hydrogen-bond acceptors (Lipinski definition) is 6. The van der Waals surface area contributed by atoms with Gasteiger partial charge in [0.05, 0.1) is 13.7 Å². The van der Waals surface area contributed by atoms with Crippen LogP contribution in [0.2, 0.25) is 0 Å². The number of rotatable bonds is 11. The molecule has 0 bridgehead atoms. The number of benzene rings is 2. The molecule has 0 radical (unpaired) electrons. The number of methoxy groups -OCH3 is 1. The summed E-state index contributed by atoms with van der Waals surface area (Å²) in [5.74, 6) is 0.566. The van der Waals surface area contributed by atoms with Crippen molar-refractivity contribution in [3.05, 3.63) is 76.0 Å². The molecule has 0 N–H and O–H groups in total. The highest BCUT2D eigenvalue weighted by atomic mass is 32.1. The van der Waals surface area contributed by atoms with Gasteiger partial charge in [-0.1, -0.05) is 31.5 Å². The highest BCUT2D eigenvalue weighted by Crippen LogP contribution is 2.34. The first kappa shape index (κ1) is 25.0. The lowest BCUT2D eigenvalue weighted by Crippen LogP contribution is -2.24. The number of unbranched alkanes of at least 4 members (excludes halogenated alkanes) is 1. The van der Waals surface area contributed by atoms with Crippen molar-refractivity contribution in [2.75, 3.05) is 38.4 Å². The number of anilines is 1. The van der Waals surface area contributed by atoms with E-state index in [-0.39, 0.29) is 5.97 Å². The molecule has 0 aliphatic carbocycles. The van der Waals surface area contributed by atoms with Crippen molar-refractivity contribution in [2.24, 2.45) is 0 Å². The van der Waals surface area contributed by atoms with E-state index < -0.39 is 0 Å². The molecule has 0 saturated carbocycles. The summed E-state index contributed by atoms with van der Waals surface area (Å²) in [6.07, 6.45) is 4.85. The summed E-state index contributed by atoms with van der Waals surface area (Å²) in [4.78, 5) is 14.7. The summed E-state index contributed by atoms with van der Waals surface area (Å²) in [6, 6.07) is 16.7. The maximum absolute atomic E-state index is 12.4. The normalized spacial score (nSPS) is 13.1. The molecule has 0 atom stereocenters. The van der Waals surface area contributed by atoms with Crippen LogP contribution in [0.3, 0.4) is 0 Å². The lowest BCUT2D eigenvalue weighted by atomic mass is 10.00. The van der Waals surface area contributed by atoms with Gasteiger partial charge in [0.15, 0.2) is 0 Å². The average Bonchev–Trinajstić information content (AvgIpc) is 3.34. The van der Waals surface area contributed by atoms with Crippen LogP contribution in [0.15, 0.2) is 64.9 Å². The largest absolute Gasteiger partial charge is 0.491 e. The molecule has 5 nitrogen and oxygen atoms in total. The molecule has 0 unspecified atom stereocenters. The van der Waals surface area contributed by atoms with Gasteiger partial charge >= 0.3 is 5.97 Å². The molecule has 0 spiro atoms. The zero-order valence-corrected chi connectivity index (χ0v) is 21.3. The number of hydrogen-bond donors (Lipinski definition) is 0. The lowest BCUT2D eigenvalue weighted by molar-refractivity contribution is -0.136. The highest BCUT2D eigenvalue weighted by Gasteiger charge is 2.20. The Kier molecular flexibility index (Phi) is 8.98. The number of ether oxygens (including phenoxy) is 3. The molecule has 1 aliphatic rings. The summed E-state index contributed by atoms with van der Waals surface area (Å²) in [7, 11) is 1.44. The Hall–Kier alpha value is -3.09. The van der Waals surface area contributed by atoms with Crippen LogP contribution in [0.5, 0.6) is 5.75 Å². The van der Waals surface area contributed by atoms with E-state index in [4.69, 9.17) is 14.2 Å². The Bertz CT molecular complexity index is 1120. The minimum atomic E-state index is -0.265. The number of carbonyl (C=O) groups is 1. The van der Waals surface area contributed by atoms with Crippen LogP contribution in [0, 0.1) is 0 Å². The van der Waals surface area contributed by atoms with E-state index in [2.05, 4.69) is 59.0 Å². The molecule has 0 amide bonds. The molecule has 0 fully saturated rings. The Morgan fingerprint density at radius 3 is 2.60 bits per heavy atom. The molecule has 3 aromatic rings. The van der Waals surface area contributed by atoms with Gasteiger partial charge in [0.2, 0.25) is 0 Å². The number of esters is 1. The number of thiophene rings is 1.